The number of rotatable bonds is 3. The van der Waals surface area contributed by atoms with Gasteiger partial charge in [-0.25, -0.2) is 8.42 Å². The Labute approximate surface area is 94.2 Å². The number of nitrogens with zero attached hydrogens (tertiary/aromatic N) is 3. The van der Waals surface area contributed by atoms with Crippen molar-refractivity contribution in [3.63, 3.8) is 0 Å². The molecule has 0 atom stereocenters. The molecule has 0 aliphatic carbocycles. The molecule has 0 aliphatic heterocycles. The minimum absolute atomic E-state index is 0.0179. The first kappa shape index (κ1) is 12.2. The monoisotopic (exact) mass is 235 g/mol. The predicted octanol–water partition coefficient (Wildman–Crippen LogP) is 0.702. The van der Waals surface area contributed by atoms with Gasteiger partial charge in [-0.05, 0) is 18.2 Å². The van der Waals surface area contributed by atoms with Gasteiger partial charge in [0.2, 0.25) is 10.0 Å². The number of hydrogen-bond donors (Lipinski definition) is 0. The van der Waals surface area contributed by atoms with Crippen LogP contribution in [0.4, 0.5) is 0 Å². The Bertz CT molecular complexity index is 566. The molecular weight excluding hydrogens is 226 g/mol. The van der Waals surface area contributed by atoms with E-state index in [0.717, 1.165) is 4.31 Å². The van der Waals surface area contributed by atoms with Gasteiger partial charge < -0.3 is 0 Å². The van der Waals surface area contributed by atoms with Crippen molar-refractivity contribution in [2.75, 3.05) is 13.6 Å². The van der Waals surface area contributed by atoms with E-state index in [4.69, 9.17) is 10.5 Å². The second kappa shape index (κ2) is 4.75. The van der Waals surface area contributed by atoms with Crippen LogP contribution in [0.1, 0.15) is 5.56 Å². The van der Waals surface area contributed by atoms with E-state index in [0.29, 0.717) is 0 Å². The number of nitriles is 2. The maximum Gasteiger partial charge on any atom is 0.243 e. The van der Waals surface area contributed by atoms with E-state index >= 15 is 0 Å². The van der Waals surface area contributed by atoms with Gasteiger partial charge in [0.25, 0.3) is 0 Å². The van der Waals surface area contributed by atoms with Crippen molar-refractivity contribution in [1.29, 1.82) is 10.5 Å². The first-order valence-corrected chi connectivity index (χ1v) is 5.80. The van der Waals surface area contributed by atoms with Gasteiger partial charge in [-0.2, -0.15) is 14.8 Å². The Kier molecular flexibility index (Phi) is 3.62. The standard InChI is InChI=1S/C10H9N3O2S/c1-13(6-5-11)16(14,15)10-4-2-3-9(7-10)8-12/h2-4,7H,6H2,1H3. The molecule has 0 radical (unpaired) electrons. The highest BCUT2D eigenvalue weighted by molar-refractivity contribution is 7.89. The number of hydrogen-bond acceptors (Lipinski definition) is 4. The summed E-state index contributed by atoms with van der Waals surface area (Å²) in [7, 11) is -2.36. The van der Waals surface area contributed by atoms with Gasteiger partial charge in [0, 0.05) is 7.05 Å². The summed E-state index contributed by atoms with van der Waals surface area (Å²) in [6, 6.07) is 9.30. The second-order valence-electron chi connectivity index (χ2n) is 3.06. The molecular formula is C10H9N3O2S. The third-order valence-electron chi connectivity index (χ3n) is 1.96. The highest BCUT2D eigenvalue weighted by Crippen LogP contribution is 2.15. The van der Waals surface area contributed by atoms with Crippen LogP contribution in [0.3, 0.4) is 0 Å². The van der Waals surface area contributed by atoms with Crippen LogP contribution in [-0.4, -0.2) is 26.3 Å². The molecule has 6 heteroatoms. The molecule has 5 nitrogen and oxygen atoms in total. The van der Waals surface area contributed by atoms with E-state index in [-0.39, 0.29) is 17.0 Å². The Morgan fingerprint density at radius 3 is 2.62 bits per heavy atom. The first-order chi connectivity index (χ1) is 7.52. The summed E-state index contributed by atoms with van der Waals surface area (Å²) in [5.74, 6) is 0. The minimum atomic E-state index is -3.67. The summed E-state index contributed by atoms with van der Waals surface area (Å²) >= 11 is 0. The lowest BCUT2D eigenvalue weighted by atomic mass is 10.2. The second-order valence-corrected chi connectivity index (χ2v) is 5.10. The molecule has 0 amide bonds. The predicted molar refractivity (Wildman–Crippen MR) is 56.6 cm³/mol. The maximum absolute atomic E-state index is 11.9. The molecule has 0 unspecified atom stereocenters. The summed E-state index contributed by atoms with van der Waals surface area (Å²) in [6.07, 6.45) is 0. The van der Waals surface area contributed by atoms with Crippen molar-refractivity contribution in [2.24, 2.45) is 0 Å². The molecule has 0 aliphatic rings. The zero-order valence-corrected chi connectivity index (χ0v) is 9.40. The molecule has 82 valence electrons. The molecule has 0 saturated carbocycles. The van der Waals surface area contributed by atoms with E-state index in [1.54, 1.807) is 6.07 Å². The fourth-order valence-electron chi connectivity index (χ4n) is 1.09. The fourth-order valence-corrected chi connectivity index (χ4v) is 2.20. The van der Waals surface area contributed by atoms with Crippen LogP contribution in [0.5, 0.6) is 0 Å². The summed E-state index contributed by atoms with van der Waals surface area (Å²) in [5, 5.41) is 17.1. The van der Waals surface area contributed by atoms with Gasteiger partial charge in [-0.15, -0.1) is 0 Å². The van der Waals surface area contributed by atoms with Gasteiger partial charge in [-0.1, -0.05) is 6.07 Å². The van der Waals surface area contributed by atoms with Crippen LogP contribution in [0.2, 0.25) is 0 Å². The lowest BCUT2D eigenvalue weighted by Crippen LogP contribution is -2.27. The molecule has 0 fully saturated rings. The van der Waals surface area contributed by atoms with Crippen LogP contribution in [0.25, 0.3) is 0 Å². The molecule has 0 spiro atoms. The van der Waals surface area contributed by atoms with Crippen molar-refractivity contribution in [3.05, 3.63) is 29.8 Å². The average molecular weight is 235 g/mol. The van der Waals surface area contributed by atoms with E-state index in [2.05, 4.69) is 0 Å². The summed E-state index contributed by atoms with van der Waals surface area (Å²) in [4.78, 5) is 0.0179. The highest BCUT2D eigenvalue weighted by atomic mass is 32.2. The van der Waals surface area contributed by atoms with E-state index in [1.165, 1.54) is 31.3 Å². The van der Waals surface area contributed by atoms with Crippen molar-refractivity contribution in [1.82, 2.24) is 4.31 Å². The highest BCUT2D eigenvalue weighted by Gasteiger charge is 2.20. The van der Waals surface area contributed by atoms with Crippen LogP contribution >= 0.6 is 0 Å². The van der Waals surface area contributed by atoms with E-state index < -0.39 is 10.0 Å². The Morgan fingerprint density at radius 1 is 1.38 bits per heavy atom. The molecule has 0 heterocycles. The fraction of sp³-hybridized carbons (Fsp3) is 0.200. The number of benzene rings is 1. The molecule has 0 aromatic heterocycles. The largest absolute Gasteiger partial charge is 0.243 e. The van der Waals surface area contributed by atoms with Gasteiger partial charge in [0.05, 0.1) is 22.6 Å². The van der Waals surface area contributed by atoms with Crippen LogP contribution in [0.15, 0.2) is 29.2 Å². The van der Waals surface area contributed by atoms with Crippen molar-refractivity contribution < 1.29 is 8.42 Å². The topological polar surface area (TPSA) is 85.0 Å². The molecule has 1 rings (SSSR count). The molecule has 1 aromatic carbocycles. The SMILES string of the molecule is CN(CC#N)S(=O)(=O)c1cccc(C#N)c1. The Hall–Kier alpha value is -1.89. The van der Waals surface area contributed by atoms with Gasteiger partial charge >= 0.3 is 0 Å². The van der Waals surface area contributed by atoms with E-state index in [9.17, 15) is 8.42 Å². The van der Waals surface area contributed by atoms with E-state index in [1.807, 2.05) is 6.07 Å². The lowest BCUT2D eigenvalue weighted by molar-refractivity contribution is 0.501. The smallest absolute Gasteiger partial charge is 0.207 e. The zero-order chi connectivity index (χ0) is 12.2. The van der Waals surface area contributed by atoms with Gasteiger partial charge in [0.1, 0.15) is 6.54 Å². The minimum Gasteiger partial charge on any atom is -0.207 e. The van der Waals surface area contributed by atoms with Crippen molar-refractivity contribution in [3.8, 4) is 12.1 Å². The van der Waals surface area contributed by atoms with Crippen molar-refractivity contribution in [2.45, 2.75) is 4.90 Å². The quantitative estimate of drug-likeness (QED) is 0.722. The van der Waals surface area contributed by atoms with Gasteiger partial charge in [0.15, 0.2) is 0 Å². The third kappa shape index (κ3) is 2.37. The molecule has 1 aromatic rings. The van der Waals surface area contributed by atoms with Gasteiger partial charge in [-0.3, -0.25) is 0 Å². The van der Waals surface area contributed by atoms with Crippen molar-refractivity contribution >= 4 is 10.0 Å². The summed E-state index contributed by atoms with van der Waals surface area (Å²) in [6.45, 7) is -0.223. The maximum atomic E-state index is 11.9. The zero-order valence-electron chi connectivity index (χ0n) is 8.58. The third-order valence-corrected chi connectivity index (χ3v) is 3.76. The molecule has 0 bridgehead atoms. The summed E-state index contributed by atoms with van der Waals surface area (Å²) in [5.41, 5.74) is 0.270. The summed E-state index contributed by atoms with van der Waals surface area (Å²) < 4.78 is 24.6. The molecule has 16 heavy (non-hydrogen) atoms. The Morgan fingerprint density at radius 2 is 2.06 bits per heavy atom. The Balaban J connectivity index is 3.19. The van der Waals surface area contributed by atoms with Crippen LogP contribution in [-0.2, 0) is 10.0 Å². The molecule has 0 saturated heterocycles. The number of sulfonamides is 1. The van der Waals surface area contributed by atoms with Crippen LogP contribution in [0, 0.1) is 22.7 Å². The first-order valence-electron chi connectivity index (χ1n) is 4.36. The lowest BCUT2D eigenvalue weighted by Gasteiger charge is -2.13. The average Bonchev–Trinajstić information content (AvgIpc) is 2.29. The molecule has 0 N–H and O–H groups in total. The normalized spacial score (nSPS) is 10.8. The van der Waals surface area contributed by atoms with Crippen LogP contribution < -0.4 is 0 Å².